The van der Waals surface area contributed by atoms with Gasteiger partial charge in [-0.15, -0.1) is 0 Å². The van der Waals surface area contributed by atoms with E-state index in [-0.39, 0.29) is 0 Å². The molecule has 0 amide bonds. The molecule has 0 atom stereocenters. The normalized spacial score (nSPS) is 8.77. The van der Waals surface area contributed by atoms with Crippen molar-refractivity contribution in [2.75, 3.05) is 0 Å². The molecule has 0 unspecified atom stereocenters. The number of nitrogens with zero attached hydrogens (tertiary/aromatic N) is 2. The monoisotopic (exact) mass is 175 g/mol. The van der Waals surface area contributed by atoms with Crippen molar-refractivity contribution in [2.45, 2.75) is 13.8 Å². The molecular weight excluding hydrogens is 162 g/mol. The van der Waals surface area contributed by atoms with Crippen LogP contribution in [0.2, 0.25) is 0 Å². The third-order valence-electron chi connectivity index (χ3n) is 1.44. The number of nitrogens with one attached hydrogen (secondary N) is 1. The van der Waals surface area contributed by atoms with E-state index in [1.54, 1.807) is 18.7 Å². The van der Waals surface area contributed by atoms with E-state index in [0.717, 1.165) is 5.69 Å². The molecule has 2 aromatic heterocycles. The molecule has 13 heavy (non-hydrogen) atoms. The smallest absolute Gasteiger partial charge is 0.0921 e. The Morgan fingerprint density at radius 3 is 2.23 bits per heavy atom. The number of aromatic amines is 1. The molecule has 0 aromatic carbocycles. The maximum absolute atomic E-state index is 3.88. The minimum atomic E-state index is 1.11. The number of rotatable bonds is 0. The first-order chi connectivity index (χ1) is 6.29. The summed E-state index contributed by atoms with van der Waals surface area (Å²) in [5, 5.41) is 0. The van der Waals surface area contributed by atoms with Crippen molar-refractivity contribution in [3.8, 4) is 0 Å². The van der Waals surface area contributed by atoms with Crippen LogP contribution in [0.1, 0.15) is 11.3 Å². The van der Waals surface area contributed by atoms with Gasteiger partial charge in [0.15, 0.2) is 0 Å². The van der Waals surface area contributed by atoms with E-state index in [1.807, 2.05) is 32.2 Å². The second-order valence-electron chi connectivity index (χ2n) is 2.76. The topological polar surface area (TPSA) is 41.6 Å². The van der Waals surface area contributed by atoms with Crippen LogP contribution in [-0.2, 0) is 0 Å². The molecule has 0 aliphatic heterocycles. The SMILES string of the molecule is Cc1cccnc1.Cc1cnc[nH]1. The first kappa shape index (κ1) is 9.45. The standard InChI is InChI=1S/C6H7N.C4H6N2/c1-6-3-2-4-7-5-6;1-4-2-5-3-6-4/h2-5H,1H3;2-3H,1H3,(H,5,6). The van der Waals surface area contributed by atoms with Gasteiger partial charge in [-0.2, -0.15) is 0 Å². The van der Waals surface area contributed by atoms with Crippen LogP contribution < -0.4 is 0 Å². The minimum absolute atomic E-state index is 1.11. The van der Waals surface area contributed by atoms with Crippen molar-refractivity contribution in [1.29, 1.82) is 0 Å². The van der Waals surface area contributed by atoms with Crippen molar-refractivity contribution in [2.24, 2.45) is 0 Å². The largest absolute Gasteiger partial charge is 0.349 e. The van der Waals surface area contributed by atoms with E-state index in [4.69, 9.17) is 0 Å². The summed E-state index contributed by atoms with van der Waals surface area (Å²) in [6, 6.07) is 3.95. The summed E-state index contributed by atoms with van der Waals surface area (Å²) in [5.41, 5.74) is 2.32. The van der Waals surface area contributed by atoms with Gasteiger partial charge in [0, 0.05) is 24.3 Å². The quantitative estimate of drug-likeness (QED) is 0.666. The highest BCUT2D eigenvalue weighted by Gasteiger charge is 1.74. The molecule has 0 aliphatic carbocycles. The fourth-order valence-electron chi connectivity index (χ4n) is 0.774. The Kier molecular flexibility index (Phi) is 3.70. The Labute approximate surface area is 77.9 Å². The highest BCUT2D eigenvalue weighted by molar-refractivity contribution is 5.04. The number of hydrogen-bond acceptors (Lipinski definition) is 2. The van der Waals surface area contributed by atoms with Crippen LogP contribution in [0.5, 0.6) is 0 Å². The lowest BCUT2D eigenvalue weighted by molar-refractivity contribution is 1.25. The van der Waals surface area contributed by atoms with Crippen molar-refractivity contribution in [1.82, 2.24) is 15.0 Å². The molecule has 0 radical (unpaired) electrons. The zero-order chi connectivity index (χ0) is 9.52. The molecule has 1 N–H and O–H groups in total. The average molecular weight is 175 g/mol. The molecule has 3 heteroatoms. The van der Waals surface area contributed by atoms with Crippen LogP contribution in [0.15, 0.2) is 37.1 Å². The van der Waals surface area contributed by atoms with Gasteiger partial charge >= 0.3 is 0 Å². The molecule has 0 saturated carbocycles. The number of pyridine rings is 1. The van der Waals surface area contributed by atoms with Crippen LogP contribution in [-0.4, -0.2) is 15.0 Å². The molecule has 3 nitrogen and oxygen atoms in total. The minimum Gasteiger partial charge on any atom is -0.349 e. The highest BCUT2D eigenvalue weighted by atomic mass is 14.8. The molecule has 0 spiro atoms. The number of H-pyrrole nitrogens is 1. The average Bonchev–Trinajstić information content (AvgIpc) is 2.58. The lowest BCUT2D eigenvalue weighted by atomic mass is 10.3. The maximum atomic E-state index is 3.88. The maximum Gasteiger partial charge on any atom is 0.0921 e. The molecule has 0 aliphatic rings. The molecule has 68 valence electrons. The lowest BCUT2D eigenvalue weighted by Gasteiger charge is -1.82. The zero-order valence-electron chi connectivity index (χ0n) is 7.86. The van der Waals surface area contributed by atoms with E-state index >= 15 is 0 Å². The molecule has 0 saturated heterocycles. The summed E-state index contributed by atoms with van der Waals surface area (Å²) in [6.07, 6.45) is 7.04. The van der Waals surface area contributed by atoms with Gasteiger partial charge < -0.3 is 4.98 Å². The molecular formula is C10H13N3. The van der Waals surface area contributed by atoms with Crippen LogP contribution in [0.25, 0.3) is 0 Å². The Balaban J connectivity index is 0.000000132. The van der Waals surface area contributed by atoms with Crippen LogP contribution in [0.4, 0.5) is 0 Å². The van der Waals surface area contributed by atoms with E-state index in [0.29, 0.717) is 0 Å². The van der Waals surface area contributed by atoms with Crippen molar-refractivity contribution < 1.29 is 0 Å². The first-order valence-electron chi connectivity index (χ1n) is 4.10. The number of aromatic nitrogens is 3. The van der Waals surface area contributed by atoms with Crippen molar-refractivity contribution in [3.05, 3.63) is 48.3 Å². The van der Waals surface area contributed by atoms with E-state index in [2.05, 4.69) is 15.0 Å². The van der Waals surface area contributed by atoms with Gasteiger partial charge in [0.05, 0.1) is 6.33 Å². The van der Waals surface area contributed by atoms with Gasteiger partial charge in [0.1, 0.15) is 0 Å². The van der Waals surface area contributed by atoms with E-state index < -0.39 is 0 Å². The summed E-state index contributed by atoms with van der Waals surface area (Å²) in [6.45, 7) is 3.99. The third-order valence-corrected chi connectivity index (χ3v) is 1.44. The van der Waals surface area contributed by atoms with E-state index in [1.165, 1.54) is 5.56 Å². The number of aryl methyl sites for hydroxylation is 2. The molecule has 2 rings (SSSR count). The van der Waals surface area contributed by atoms with Gasteiger partial charge in [-0.05, 0) is 25.5 Å². The van der Waals surface area contributed by atoms with Gasteiger partial charge in [0.25, 0.3) is 0 Å². The molecule has 0 bridgehead atoms. The zero-order valence-corrected chi connectivity index (χ0v) is 7.86. The van der Waals surface area contributed by atoms with Crippen LogP contribution in [0.3, 0.4) is 0 Å². The van der Waals surface area contributed by atoms with Crippen molar-refractivity contribution in [3.63, 3.8) is 0 Å². The van der Waals surface area contributed by atoms with E-state index in [9.17, 15) is 0 Å². The Morgan fingerprint density at radius 2 is 2.00 bits per heavy atom. The van der Waals surface area contributed by atoms with Gasteiger partial charge in [-0.25, -0.2) is 4.98 Å². The predicted octanol–water partition coefficient (Wildman–Crippen LogP) is 2.11. The fraction of sp³-hybridized carbons (Fsp3) is 0.200. The third kappa shape index (κ3) is 4.06. The predicted molar refractivity (Wildman–Crippen MR) is 52.3 cm³/mol. The summed E-state index contributed by atoms with van der Waals surface area (Å²) in [5.74, 6) is 0. The Morgan fingerprint density at radius 1 is 1.15 bits per heavy atom. The van der Waals surface area contributed by atoms with Gasteiger partial charge in [-0.3, -0.25) is 4.98 Å². The van der Waals surface area contributed by atoms with Crippen LogP contribution in [0, 0.1) is 13.8 Å². The molecule has 2 heterocycles. The summed E-state index contributed by atoms with van der Waals surface area (Å²) in [7, 11) is 0. The van der Waals surface area contributed by atoms with Crippen LogP contribution >= 0.6 is 0 Å². The second-order valence-corrected chi connectivity index (χ2v) is 2.76. The summed E-state index contributed by atoms with van der Waals surface area (Å²) < 4.78 is 0. The van der Waals surface area contributed by atoms with Gasteiger partial charge in [-0.1, -0.05) is 6.07 Å². The highest BCUT2D eigenvalue weighted by Crippen LogP contribution is 1.88. The molecule has 0 fully saturated rings. The van der Waals surface area contributed by atoms with Gasteiger partial charge in [0.2, 0.25) is 0 Å². The Hall–Kier alpha value is -1.64. The number of hydrogen-bond donors (Lipinski definition) is 1. The first-order valence-corrected chi connectivity index (χ1v) is 4.10. The second kappa shape index (κ2) is 5.09. The fourth-order valence-corrected chi connectivity index (χ4v) is 0.774. The van der Waals surface area contributed by atoms with Crippen molar-refractivity contribution >= 4 is 0 Å². The molecule has 2 aromatic rings. The summed E-state index contributed by atoms with van der Waals surface area (Å²) >= 11 is 0. The summed E-state index contributed by atoms with van der Waals surface area (Å²) in [4.78, 5) is 10.5. The Bertz CT molecular complexity index is 313. The lowest BCUT2D eigenvalue weighted by Crippen LogP contribution is -1.69. The number of imidazole rings is 1.